The molecule has 6 nitrogen and oxygen atoms in total. The Hall–Kier alpha value is -2.71. The van der Waals surface area contributed by atoms with Gasteiger partial charge in [-0.1, -0.05) is 12.1 Å². The second kappa shape index (κ2) is 5.96. The molecule has 0 saturated carbocycles. The van der Waals surface area contributed by atoms with Crippen LogP contribution in [-0.2, 0) is 6.18 Å². The van der Waals surface area contributed by atoms with Crippen LogP contribution in [0.25, 0.3) is 0 Å². The molecule has 1 N–H and O–H groups in total. The Kier molecular flexibility index (Phi) is 4.25. The summed E-state index contributed by atoms with van der Waals surface area (Å²) in [6.07, 6.45) is -3.56. The highest BCUT2D eigenvalue weighted by atomic mass is 19.4. The number of hydrogen-bond acceptors (Lipinski definition) is 5. The lowest BCUT2D eigenvalue weighted by molar-refractivity contribution is -0.384. The summed E-state index contributed by atoms with van der Waals surface area (Å²) in [6.45, 7) is 1.64. The number of halogens is 3. The molecule has 1 aromatic carbocycles. The minimum Gasteiger partial charge on any atom is -0.348 e. The van der Waals surface area contributed by atoms with Crippen molar-refractivity contribution >= 4 is 11.6 Å². The summed E-state index contributed by atoms with van der Waals surface area (Å²) >= 11 is 0. The molecule has 0 unspecified atom stereocenters. The van der Waals surface area contributed by atoms with Crippen molar-refractivity contribution < 1.29 is 18.1 Å². The monoisotopic (exact) mass is 312 g/mol. The average molecular weight is 312 g/mol. The maximum atomic E-state index is 12.6. The number of benzene rings is 1. The summed E-state index contributed by atoms with van der Waals surface area (Å²) in [7, 11) is 0. The quantitative estimate of drug-likeness (QED) is 0.689. The lowest BCUT2D eigenvalue weighted by Gasteiger charge is -2.15. The molecule has 2 rings (SSSR count). The van der Waals surface area contributed by atoms with Gasteiger partial charge in [0.05, 0.1) is 11.0 Å². The summed E-state index contributed by atoms with van der Waals surface area (Å²) < 4.78 is 37.7. The van der Waals surface area contributed by atoms with Crippen LogP contribution in [0.5, 0.6) is 0 Å². The first-order valence-electron chi connectivity index (χ1n) is 6.18. The standard InChI is InChI=1S/C13H11F3N4O2/c1-8(9-3-2-4-10(7-9)20(21)22)18-12-17-6-5-11(19-12)13(14,15)16/h2-8H,1H3,(H,17,18,19)/t8-/m0/s1. The number of hydrogen-bond donors (Lipinski definition) is 1. The van der Waals surface area contributed by atoms with Crippen LogP contribution in [0.2, 0.25) is 0 Å². The highest BCUT2D eigenvalue weighted by Crippen LogP contribution is 2.28. The molecule has 9 heteroatoms. The number of alkyl halides is 3. The summed E-state index contributed by atoms with van der Waals surface area (Å²) in [4.78, 5) is 17.3. The maximum absolute atomic E-state index is 12.6. The largest absolute Gasteiger partial charge is 0.433 e. The Balaban J connectivity index is 2.20. The highest BCUT2D eigenvalue weighted by molar-refractivity contribution is 5.39. The van der Waals surface area contributed by atoms with Gasteiger partial charge in [-0.05, 0) is 18.6 Å². The normalized spacial score (nSPS) is 12.7. The molecule has 116 valence electrons. The molecule has 22 heavy (non-hydrogen) atoms. The van der Waals surface area contributed by atoms with Crippen LogP contribution in [0.15, 0.2) is 36.5 Å². The van der Waals surface area contributed by atoms with E-state index in [-0.39, 0.29) is 11.6 Å². The van der Waals surface area contributed by atoms with Gasteiger partial charge in [-0.2, -0.15) is 13.2 Å². The van der Waals surface area contributed by atoms with Crippen molar-refractivity contribution in [1.29, 1.82) is 0 Å². The van der Waals surface area contributed by atoms with Crippen molar-refractivity contribution in [1.82, 2.24) is 9.97 Å². The first-order valence-corrected chi connectivity index (χ1v) is 6.18. The Morgan fingerprint density at radius 1 is 1.32 bits per heavy atom. The first kappa shape index (κ1) is 15.7. The van der Waals surface area contributed by atoms with Gasteiger partial charge in [0.1, 0.15) is 5.69 Å². The zero-order valence-corrected chi connectivity index (χ0v) is 11.3. The van der Waals surface area contributed by atoms with Gasteiger partial charge in [0, 0.05) is 18.3 Å². The zero-order chi connectivity index (χ0) is 16.3. The number of nitro groups is 1. The predicted octanol–water partition coefficient (Wildman–Crippen LogP) is 3.58. The van der Waals surface area contributed by atoms with Gasteiger partial charge >= 0.3 is 6.18 Å². The van der Waals surface area contributed by atoms with Crippen LogP contribution in [0.4, 0.5) is 24.8 Å². The number of non-ortho nitro benzene ring substituents is 1. The Bertz CT molecular complexity index is 691. The van der Waals surface area contributed by atoms with Crippen molar-refractivity contribution in [2.24, 2.45) is 0 Å². The van der Waals surface area contributed by atoms with E-state index in [0.717, 1.165) is 12.3 Å². The fraction of sp³-hybridized carbons (Fsp3) is 0.231. The molecule has 2 aromatic rings. The SMILES string of the molecule is C[C@H](Nc1nccc(C(F)(F)F)n1)c1cccc([N+](=O)[O-])c1. The van der Waals surface area contributed by atoms with Gasteiger partial charge in [-0.25, -0.2) is 9.97 Å². The van der Waals surface area contributed by atoms with E-state index >= 15 is 0 Å². The highest BCUT2D eigenvalue weighted by Gasteiger charge is 2.32. The van der Waals surface area contributed by atoms with E-state index in [2.05, 4.69) is 15.3 Å². The van der Waals surface area contributed by atoms with Crippen molar-refractivity contribution in [2.45, 2.75) is 19.1 Å². The van der Waals surface area contributed by atoms with Gasteiger partial charge in [0.2, 0.25) is 5.95 Å². The second-order valence-electron chi connectivity index (χ2n) is 4.48. The molecule has 0 aliphatic carbocycles. The molecule has 0 saturated heterocycles. The van der Waals surface area contributed by atoms with Gasteiger partial charge in [0.15, 0.2) is 0 Å². The number of nitrogens with zero attached hydrogens (tertiary/aromatic N) is 3. The first-order chi connectivity index (χ1) is 10.3. The second-order valence-corrected chi connectivity index (χ2v) is 4.48. The van der Waals surface area contributed by atoms with Crippen LogP contribution in [0.3, 0.4) is 0 Å². The van der Waals surface area contributed by atoms with Gasteiger partial charge < -0.3 is 5.32 Å². The third-order valence-corrected chi connectivity index (χ3v) is 2.87. The average Bonchev–Trinajstić information content (AvgIpc) is 2.46. The minimum atomic E-state index is -4.56. The number of rotatable bonds is 4. The third kappa shape index (κ3) is 3.68. The number of anilines is 1. The van der Waals surface area contributed by atoms with E-state index in [1.54, 1.807) is 13.0 Å². The molecule has 0 radical (unpaired) electrons. The van der Waals surface area contributed by atoms with Crippen LogP contribution in [0, 0.1) is 10.1 Å². The lowest BCUT2D eigenvalue weighted by atomic mass is 10.1. The predicted molar refractivity (Wildman–Crippen MR) is 72.2 cm³/mol. The lowest BCUT2D eigenvalue weighted by Crippen LogP contribution is -2.13. The van der Waals surface area contributed by atoms with Gasteiger partial charge in [0.25, 0.3) is 5.69 Å². The fourth-order valence-corrected chi connectivity index (χ4v) is 1.77. The topological polar surface area (TPSA) is 81.0 Å². The van der Waals surface area contributed by atoms with E-state index in [0.29, 0.717) is 5.56 Å². The fourth-order valence-electron chi connectivity index (χ4n) is 1.77. The van der Waals surface area contributed by atoms with Crippen molar-refractivity contribution in [3.63, 3.8) is 0 Å². The van der Waals surface area contributed by atoms with E-state index in [1.165, 1.54) is 18.2 Å². The molecular formula is C13H11F3N4O2. The maximum Gasteiger partial charge on any atom is 0.433 e. The summed E-state index contributed by atoms with van der Waals surface area (Å²) in [5, 5.41) is 13.4. The Morgan fingerprint density at radius 3 is 2.68 bits per heavy atom. The van der Waals surface area contributed by atoms with Crippen molar-refractivity contribution in [3.8, 4) is 0 Å². The van der Waals surface area contributed by atoms with Crippen LogP contribution in [0.1, 0.15) is 24.2 Å². The van der Waals surface area contributed by atoms with E-state index in [9.17, 15) is 23.3 Å². The molecule has 0 aliphatic rings. The van der Waals surface area contributed by atoms with Crippen LogP contribution >= 0.6 is 0 Å². The summed E-state index contributed by atoms with van der Waals surface area (Å²) in [6, 6.07) is 6.06. The molecule has 1 aromatic heterocycles. The van der Waals surface area contributed by atoms with Gasteiger partial charge in [-0.15, -0.1) is 0 Å². The van der Waals surface area contributed by atoms with Crippen LogP contribution in [-0.4, -0.2) is 14.9 Å². The summed E-state index contributed by atoms with van der Waals surface area (Å²) in [5.41, 5.74) is -0.623. The number of aromatic nitrogens is 2. The molecular weight excluding hydrogens is 301 g/mol. The Labute approximate surface area is 123 Å². The molecule has 1 atom stereocenters. The third-order valence-electron chi connectivity index (χ3n) is 2.87. The minimum absolute atomic E-state index is 0.101. The molecule has 0 spiro atoms. The number of nitro benzene ring substituents is 1. The molecule has 0 fully saturated rings. The smallest absolute Gasteiger partial charge is 0.348 e. The number of nitrogens with one attached hydrogen (secondary N) is 1. The molecule has 1 heterocycles. The van der Waals surface area contributed by atoms with Crippen molar-refractivity contribution in [2.75, 3.05) is 5.32 Å². The van der Waals surface area contributed by atoms with Crippen molar-refractivity contribution in [3.05, 3.63) is 57.9 Å². The summed E-state index contributed by atoms with van der Waals surface area (Å²) in [5.74, 6) is -0.200. The van der Waals surface area contributed by atoms with E-state index in [4.69, 9.17) is 0 Å². The van der Waals surface area contributed by atoms with E-state index < -0.39 is 22.8 Å². The molecule has 0 amide bonds. The molecule has 0 bridgehead atoms. The Morgan fingerprint density at radius 2 is 2.05 bits per heavy atom. The van der Waals surface area contributed by atoms with Gasteiger partial charge in [-0.3, -0.25) is 10.1 Å². The van der Waals surface area contributed by atoms with Crippen LogP contribution < -0.4 is 5.32 Å². The molecule has 0 aliphatic heterocycles. The van der Waals surface area contributed by atoms with E-state index in [1.807, 2.05) is 0 Å². The zero-order valence-electron chi connectivity index (χ0n) is 11.3.